The number of halogens is 1. The minimum absolute atomic E-state index is 0.217. The summed E-state index contributed by atoms with van der Waals surface area (Å²) >= 11 is 0. The number of ether oxygens (including phenoxy) is 1. The van der Waals surface area contributed by atoms with Gasteiger partial charge in [0.2, 0.25) is 0 Å². The molecule has 3 nitrogen and oxygen atoms in total. The van der Waals surface area contributed by atoms with Crippen molar-refractivity contribution in [1.82, 2.24) is 9.55 Å². The summed E-state index contributed by atoms with van der Waals surface area (Å²) in [5.74, 6) is 1.42. The summed E-state index contributed by atoms with van der Waals surface area (Å²) in [6, 6.07) is 24.3. The predicted molar refractivity (Wildman–Crippen MR) is 101 cm³/mol. The molecule has 0 N–H and O–H groups in total. The van der Waals surface area contributed by atoms with Gasteiger partial charge >= 0.3 is 0 Å². The molecule has 3 aromatic carbocycles. The van der Waals surface area contributed by atoms with Gasteiger partial charge < -0.3 is 9.30 Å². The molecular formula is C22H19FN2O. The first-order chi connectivity index (χ1) is 12.7. The van der Waals surface area contributed by atoms with Gasteiger partial charge in [-0.1, -0.05) is 42.5 Å². The first-order valence-electron chi connectivity index (χ1n) is 8.62. The molecular weight excluding hydrogens is 327 g/mol. The Bertz CT molecular complexity index is 1010. The molecule has 0 aliphatic heterocycles. The highest BCUT2D eigenvalue weighted by molar-refractivity contribution is 5.76. The van der Waals surface area contributed by atoms with Gasteiger partial charge in [0, 0.05) is 6.54 Å². The van der Waals surface area contributed by atoms with Crippen LogP contribution >= 0.6 is 0 Å². The fraction of sp³-hybridized carbons (Fsp3) is 0.136. The molecule has 4 rings (SSSR count). The third-order valence-corrected chi connectivity index (χ3v) is 4.36. The van der Waals surface area contributed by atoms with Crippen LogP contribution in [0.3, 0.4) is 0 Å². The van der Waals surface area contributed by atoms with Crippen molar-refractivity contribution in [3.05, 3.63) is 96.1 Å². The van der Waals surface area contributed by atoms with Crippen LogP contribution in [0.5, 0.6) is 5.75 Å². The van der Waals surface area contributed by atoms with Crippen molar-refractivity contribution in [3.63, 3.8) is 0 Å². The van der Waals surface area contributed by atoms with Gasteiger partial charge in [-0.2, -0.15) is 0 Å². The first-order valence-corrected chi connectivity index (χ1v) is 8.62. The Balaban J connectivity index is 1.72. The molecule has 1 atom stereocenters. The Hall–Kier alpha value is -3.14. The normalized spacial score (nSPS) is 12.2. The monoisotopic (exact) mass is 346 g/mol. The highest BCUT2D eigenvalue weighted by atomic mass is 19.1. The molecule has 26 heavy (non-hydrogen) atoms. The van der Waals surface area contributed by atoms with E-state index in [-0.39, 0.29) is 11.9 Å². The summed E-state index contributed by atoms with van der Waals surface area (Å²) in [6.07, 6.45) is -0.217. The Morgan fingerprint density at radius 3 is 2.38 bits per heavy atom. The lowest BCUT2D eigenvalue weighted by molar-refractivity contribution is 0.212. The van der Waals surface area contributed by atoms with Crippen LogP contribution in [0.4, 0.5) is 4.39 Å². The van der Waals surface area contributed by atoms with Crippen molar-refractivity contribution in [2.24, 2.45) is 0 Å². The van der Waals surface area contributed by atoms with E-state index in [0.717, 1.165) is 28.2 Å². The van der Waals surface area contributed by atoms with E-state index in [2.05, 4.69) is 4.57 Å². The first kappa shape index (κ1) is 16.3. The van der Waals surface area contributed by atoms with Crippen LogP contribution in [0.1, 0.15) is 24.4 Å². The maximum Gasteiger partial charge on any atom is 0.153 e. The number of imidazole rings is 1. The fourth-order valence-corrected chi connectivity index (χ4v) is 3.10. The van der Waals surface area contributed by atoms with Crippen LogP contribution in [0, 0.1) is 5.82 Å². The molecule has 0 spiro atoms. The minimum Gasteiger partial charge on any atom is -0.483 e. The lowest BCUT2D eigenvalue weighted by atomic mass is 10.2. The molecule has 0 saturated carbocycles. The summed E-state index contributed by atoms with van der Waals surface area (Å²) in [5, 5.41) is 0. The number of benzene rings is 3. The summed E-state index contributed by atoms with van der Waals surface area (Å²) in [4.78, 5) is 4.79. The van der Waals surface area contributed by atoms with E-state index in [4.69, 9.17) is 9.72 Å². The lowest BCUT2D eigenvalue weighted by Crippen LogP contribution is -2.12. The predicted octanol–water partition coefficient (Wildman–Crippen LogP) is 5.36. The zero-order valence-corrected chi connectivity index (χ0v) is 14.5. The van der Waals surface area contributed by atoms with E-state index < -0.39 is 0 Å². The van der Waals surface area contributed by atoms with Crippen LogP contribution in [0.15, 0.2) is 78.9 Å². The Kier molecular flexibility index (Phi) is 4.40. The molecule has 0 aliphatic rings. The molecule has 0 fully saturated rings. The van der Waals surface area contributed by atoms with Crippen LogP contribution < -0.4 is 4.74 Å². The second-order valence-electron chi connectivity index (χ2n) is 6.24. The molecule has 0 bridgehead atoms. The van der Waals surface area contributed by atoms with Gasteiger partial charge in [-0.05, 0) is 48.9 Å². The Labute approximate surface area is 151 Å². The van der Waals surface area contributed by atoms with E-state index in [1.807, 2.05) is 61.5 Å². The third kappa shape index (κ3) is 3.31. The van der Waals surface area contributed by atoms with Crippen LogP contribution in [0.2, 0.25) is 0 Å². The van der Waals surface area contributed by atoms with Crippen LogP contribution in [-0.2, 0) is 6.54 Å². The summed E-state index contributed by atoms with van der Waals surface area (Å²) < 4.78 is 21.4. The van der Waals surface area contributed by atoms with E-state index >= 15 is 0 Å². The third-order valence-electron chi connectivity index (χ3n) is 4.36. The second kappa shape index (κ2) is 7.00. The van der Waals surface area contributed by atoms with Gasteiger partial charge in [-0.3, -0.25) is 0 Å². The Morgan fingerprint density at radius 2 is 1.62 bits per heavy atom. The largest absolute Gasteiger partial charge is 0.483 e. The van der Waals surface area contributed by atoms with Gasteiger partial charge in [-0.15, -0.1) is 0 Å². The molecule has 0 saturated heterocycles. The van der Waals surface area contributed by atoms with Crippen molar-refractivity contribution >= 4 is 11.0 Å². The van der Waals surface area contributed by atoms with Gasteiger partial charge in [0.25, 0.3) is 0 Å². The fourth-order valence-electron chi connectivity index (χ4n) is 3.10. The molecule has 4 aromatic rings. The number of hydrogen-bond donors (Lipinski definition) is 0. The number of aromatic nitrogens is 2. The number of hydrogen-bond acceptors (Lipinski definition) is 2. The van der Waals surface area contributed by atoms with Crippen molar-refractivity contribution in [2.45, 2.75) is 19.6 Å². The molecule has 130 valence electrons. The topological polar surface area (TPSA) is 27.1 Å². The number of rotatable bonds is 5. The molecule has 1 aromatic heterocycles. The van der Waals surface area contributed by atoms with Crippen molar-refractivity contribution in [3.8, 4) is 5.75 Å². The van der Waals surface area contributed by atoms with Gasteiger partial charge in [-0.25, -0.2) is 9.37 Å². The van der Waals surface area contributed by atoms with Crippen LogP contribution in [0.25, 0.3) is 11.0 Å². The average Bonchev–Trinajstić information content (AvgIpc) is 3.03. The minimum atomic E-state index is -0.231. The molecule has 1 unspecified atom stereocenters. The maximum atomic E-state index is 13.2. The van der Waals surface area contributed by atoms with E-state index in [1.165, 1.54) is 12.1 Å². The molecule has 4 heteroatoms. The van der Waals surface area contributed by atoms with E-state index in [9.17, 15) is 4.39 Å². The van der Waals surface area contributed by atoms with Crippen molar-refractivity contribution < 1.29 is 9.13 Å². The Morgan fingerprint density at radius 1 is 0.923 bits per heavy atom. The van der Waals surface area contributed by atoms with E-state index in [0.29, 0.717) is 6.54 Å². The van der Waals surface area contributed by atoms with Crippen LogP contribution in [-0.4, -0.2) is 9.55 Å². The zero-order valence-electron chi connectivity index (χ0n) is 14.5. The zero-order chi connectivity index (χ0) is 17.9. The molecule has 0 amide bonds. The second-order valence-corrected chi connectivity index (χ2v) is 6.24. The quantitative estimate of drug-likeness (QED) is 0.486. The average molecular weight is 346 g/mol. The number of fused-ring (bicyclic) bond motifs is 1. The van der Waals surface area contributed by atoms with Crippen molar-refractivity contribution in [2.75, 3.05) is 0 Å². The molecule has 0 aliphatic carbocycles. The highest BCUT2D eigenvalue weighted by Crippen LogP contribution is 2.26. The van der Waals surface area contributed by atoms with Gasteiger partial charge in [0.15, 0.2) is 11.9 Å². The number of nitrogens with zero attached hydrogens (tertiary/aromatic N) is 2. The number of para-hydroxylation sites is 3. The summed E-state index contributed by atoms with van der Waals surface area (Å²) in [5.41, 5.74) is 2.98. The highest BCUT2D eigenvalue weighted by Gasteiger charge is 2.18. The summed E-state index contributed by atoms with van der Waals surface area (Å²) in [6.45, 7) is 2.61. The van der Waals surface area contributed by atoms with Gasteiger partial charge in [0.05, 0.1) is 11.0 Å². The van der Waals surface area contributed by atoms with Crippen molar-refractivity contribution in [1.29, 1.82) is 0 Å². The lowest BCUT2D eigenvalue weighted by Gasteiger charge is -2.17. The summed E-state index contributed by atoms with van der Waals surface area (Å²) in [7, 11) is 0. The maximum absolute atomic E-state index is 13.2. The molecule has 1 heterocycles. The molecule has 0 radical (unpaired) electrons. The van der Waals surface area contributed by atoms with Gasteiger partial charge in [0.1, 0.15) is 11.6 Å². The van der Waals surface area contributed by atoms with E-state index in [1.54, 1.807) is 12.1 Å². The SMILES string of the molecule is CC(Oc1ccccc1)c1nc2ccccc2n1Cc1ccc(F)cc1. The smallest absolute Gasteiger partial charge is 0.153 e. The standard InChI is InChI=1S/C22H19FN2O/c1-16(26-19-7-3-2-4-8-19)22-24-20-9-5-6-10-21(20)25(22)15-17-11-13-18(23)14-12-17/h2-14,16H,15H2,1H3.